The molecule has 0 saturated heterocycles. The van der Waals surface area contributed by atoms with Gasteiger partial charge in [-0.05, 0) is 66.6 Å². The minimum atomic E-state index is -4.51. The lowest BCUT2D eigenvalue weighted by molar-refractivity contribution is -0.137. The molecule has 0 aliphatic heterocycles. The van der Waals surface area contributed by atoms with Crippen LogP contribution in [0.15, 0.2) is 65.6 Å². The average molecular weight is 506 g/mol. The van der Waals surface area contributed by atoms with Gasteiger partial charge in [0.25, 0.3) is 5.91 Å². The number of aromatic nitrogens is 4. The van der Waals surface area contributed by atoms with Gasteiger partial charge in [-0.15, -0.1) is 0 Å². The van der Waals surface area contributed by atoms with Crippen molar-refractivity contribution in [3.05, 3.63) is 99.2 Å². The summed E-state index contributed by atoms with van der Waals surface area (Å²) >= 11 is 0. The molecule has 188 valence electrons. The molecule has 0 aliphatic carbocycles. The van der Waals surface area contributed by atoms with Crippen LogP contribution in [0.4, 0.5) is 19.0 Å². The Morgan fingerprint density at radius 3 is 2.51 bits per heavy atom. The highest BCUT2D eigenvalue weighted by atomic mass is 19.4. The van der Waals surface area contributed by atoms with E-state index in [-0.39, 0.29) is 24.7 Å². The number of amides is 1. The number of nitrogen functional groups attached to an aromatic ring is 1. The number of nitrogens with zero attached hydrogens (tertiary/aromatic N) is 3. The van der Waals surface area contributed by atoms with Crippen LogP contribution in [0.1, 0.15) is 32.7 Å². The van der Waals surface area contributed by atoms with Gasteiger partial charge in [-0.25, -0.2) is 9.78 Å². The Labute approximate surface area is 208 Å². The number of pyridine rings is 2. The topological polar surface area (TPSA) is 121 Å². The van der Waals surface area contributed by atoms with Crippen LogP contribution < -0.4 is 11.4 Å². The normalized spacial score (nSPS) is 11.8. The average Bonchev–Trinajstić information content (AvgIpc) is 3.22. The van der Waals surface area contributed by atoms with Crippen molar-refractivity contribution in [2.24, 2.45) is 0 Å². The van der Waals surface area contributed by atoms with Crippen molar-refractivity contribution in [3.63, 3.8) is 0 Å². The summed E-state index contributed by atoms with van der Waals surface area (Å²) in [6, 6.07) is 14.3. The minimum absolute atomic E-state index is 0.0320. The highest BCUT2D eigenvalue weighted by Crippen LogP contribution is 2.29. The molecule has 4 N–H and O–H groups in total. The van der Waals surface area contributed by atoms with E-state index in [1.54, 1.807) is 36.4 Å². The smallest absolute Gasteiger partial charge is 0.383 e. The number of fused-ring (bicyclic) bond motifs is 2. The maximum atomic E-state index is 13.7. The number of anilines is 1. The van der Waals surface area contributed by atoms with E-state index < -0.39 is 11.7 Å². The zero-order valence-corrected chi connectivity index (χ0v) is 19.6. The van der Waals surface area contributed by atoms with Gasteiger partial charge in [0.2, 0.25) is 0 Å². The minimum Gasteiger partial charge on any atom is -0.383 e. The number of H-pyrrole nitrogens is 2. The largest absolute Gasteiger partial charge is 0.417 e. The van der Waals surface area contributed by atoms with Crippen LogP contribution in [0.2, 0.25) is 0 Å². The van der Waals surface area contributed by atoms with Gasteiger partial charge in [-0.3, -0.25) is 9.78 Å². The molecular formula is C26H21F3N6O2. The summed E-state index contributed by atoms with van der Waals surface area (Å²) in [4.78, 5) is 40.4. The molecule has 0 spiro atoms. The number of hydrogen-bond donors (Lipinski definition) is 3. The molecule has 0 bridgehead atoms. The first-order valence-corrected chi connectivity index (χ1v) is 11.3. The summed E-state index contributed by atoms with van der Waals surface area (Å²) in [5.41, 5.74) is 8.67. The number of benzene rings is 2. The Morgan fingerprint density at radius 1 is 1.00 bits per heavy atom. The summed E-state index contributed by atoms with van der Waals surface area (Å²) in [6.45, 7) is 1.91. The van der Waals surface area contributed by atoms with Crippen LogP contribution in [0.25, 0.3) is 21.9 Å². The van der Waals surface area contributed by atoms with Crippen LogP contribution in [-0.4, -0.2) is 30.7 Å². The first-order valence-electron chi connectivity index (χ1n) is 11.3. The van der Waals surface area contributed by atoms with E-state index in [4.69, 9.17) is 5.73 Å². The third-order valence-electron chi connectivity index (χ3n) is 6.04. The second-order valence-electron chi connectivity index (χ2n) is 8.75. The predicted molar refractivity (Wildman–Crippen MR) is 133 cm³/mol. The maximum Gasteiger partial charge on any atom is 0.417 e. The molecule has 1 amide bonds. The number of rotatable bonds is 5. The molecule has 0 atom stereocenters. The molecule has 5 aromatic rings. The van der Waals surface area contributed by atoms with E-state index in [9.17, 15) is 22.8 Å². The van der Waals surface area contributed by atoms with Crippen molar-refractivity contribution in [2.75, 3.05) is 5.73 Å². The lowest BCUT2D eigenvalue weighted by Crippen LogP contribution is -2.30. The Morgan fingerprint density at radius 2 is 1.78 bits per heavy atom. The van der Waals surface area contributed by atoms with Gasteiger partial charge in [0.1, 0.15) is 5.82 Å². The molecule has 3 heterocycles. The fourth-order valence-electron chi connectivity index (χ4n) is 4.09. The zero-order chi connectivity index (χ0) is 26.3. The summed E-state index contributed by atoms with van der Waals surface area (Å²) in [5, 5.41) is 0.733. The fourth-order valence-corrected chi connectivity index (χ4v) is 4.09. The molecule has 2 aromatic carbocycles. The first kappa shape index (κ1) is 24.0. The van der Waals surface area contributed by atoms with Crippen molar-refractivity contribution < 1.29 is 18.0 Å². The lowest BCUT2D eigenvalue weighted by Gasteiger charge is -2.23. The van der Waals surface area contributed by atoms with Crippen LogP contribution in [-0.2, 0) is 19.3 Å². The van der Waals surface area contributed by atoms with Gasteiger partial charge in [0.15, 0.2) is 0 Å². The number of aryl methyl sites for hydroxylation is 1. The summed E-state index contributed by atoms with van der Waals surface area (Å²) < 4.78 is 39.0. The van der Waals surface area contributed by atoms with E-state index in [2.05, 4.69) is 19.9 Å². The zero-order valence-electron chi connectivity index (χ0n) is 19.6. The van der Waals surface area contributed by atoms with Gasteiger partial charge < -0.3 is 20.6 Å². The third-order valence-corrected chi connectivity index (χ3v) is 6.04. The number of alkyl halides is 3. The number of imidazole rings is 1. The van der Waals surface area contributed by atoms with Gasteiger partial charge in [-0.1, -0.05) is 6.07 Å². The number of hydrogen-bond acceptors (Lipinski definition) is 5. The van der Waals surface area contributed by atoms with Crippen LogP contribution in [0.3, 0.4) is 0 Å². The van der Waals surface area contributed by atoms with Crippen molar-refractivity contribution in [2.45, 2.75) is 26.2 Å². The van der Waals surface area contributed by atoms with E-state index >= 15 is 0 Å². The molecule has 0 fully saturated rings. The summed E-state index contributed by atoms with van der Waals surface area (Å²) in [7, 11) is 0. The van der Waals surface area contributed by atoms with E-state index in [1.165, 1.54) is 11.0 Å². The van der Waals surface area contributed by atoms with Gasteiger partial charge in [-0.2, -0.15) is 13.2 Å². The van der Waals surface area contributed by atoms with E-state index in [0.717, 1.165) is 23.2 Å². The standard InChI is InChI=1S/C26H21F3N6O2/c1-14-8-17-10-16(3-7-20(17)32-23(14)30)24(36)35(13-19-5-4-18(11-31-19)26(27,28)29)12-15-2-6-21-22(9-15)34-25(37)33-21/h2-11H,12-13H2,1H3,(H2,30,32)(H2,33,34,37). The number of halogens is 3. The molecule has 5 rings (SSSR count). The van der Waals surface area contributed by atoms with Crippen molar-refractivity contribution in [1.29, 1.82) is 0 Å². The Balaban J connectivity index is 1.50. The monoisotopic (exact) mass is 506 g/mol. The Hall–Kier alpha value is -4.67. The number of carbonyl (C=O) groups is 1. The predicted octanol–water partition coefficient (Wildman–Crippen LogP) is 4.55. The third kappa shape index (κ3) is 5.01. The molecule has 8 nitrogen and oxygen atoms in total. The van der Waals surface area contributed by atoms with E-state index in [1.807, 2.05) is 13.0 Å². The highest BCUT2D eigenvalue weighted by molar-refractivity contribution is 5.98. The Bertz CT molecular complexity index is 1690. The van der Waals surface area contributed by atoms with Crippen LogP contribution in [0, 0.1) is 6.92 Å². The number of nitrogens with two attached hydrogens (primary N) is 1. The molecule has 0 aliphatic rings. The van der Waals surface area contributed by atoms with Gasteiger partial charge in [0.05, 0.1) is 34.4 Å². The highest BCUT2D eigenvalue weighted by Gasteiger charge is 2.30. The first-order chi connectivity index (χ1) is 17.6. The van der Waals surface area contributed by atoms with Gasteiger partial charge >= 0.3 is 11.9 Å². The molecule has 0 unspecified atom stereocenters. The second-order valence-corrected chi connectivity index (χ2v) is 8.75. The number of carbonyl (C=O) groups excluding carboxylic acids is 1. The van der Waals surface area contributed by atoms with E-state index in [0.29, 0.717) is 39.2 Å². The number of aromatic amines is 2. The second kappa shape index (κ2) is 9.08. The molecule has 3 aromatic heterocycles. The molecule has 11 heteroatoms. The molecule has 0 saturated carbocycles. The lowest BCUT2D eigenvalue weighted by atomic mass is 10.1. The fraction of sp³-hybridized carbons (Fsp3) is 0.154. The number of nitrogens with one attached hydrogen (secondary N) is 2. The molecule has 0 radical (unpaired) electrons. The Kier molecular flexibility index (Phi) is 5.90. The van der Waals surface area contributed by atoms with Crippen LogP contribution in [0.5, 0.6) is 0 Å². The van der Waals surface area contributed by atoms with Crippen molar-refractivity contribution in [1.82, 2.24) is 24.8 Å². The van der Waals surface area contributed by atoms with Crippen LogP contribution >= 0.6 is 0 Å². The summed E-state index contributed by atoms with van der Waals surface area (Å²) in [5.74, 6) is 0.0560. The summed E-state index contributed by atoms with van der Waals surface area (Å²) in [6.07, 6.45) is -3.76. The van der Waals surface area contributed by atoms with Gasteiger partial charge in [0, 0.05) is 23.7 Å². The molecule has 37 heavy (non-hydrogen) atoms. The quantitative estimate of drug-likeness (QED) is 0.323. The van der Waals surface area contributed by atoms with Crippen molar-refractivity contribution >= 4 is 33.7 Å². The molecular weight excluding hydrogens is 485 g/mol. The maximum absolute atomic E-state index is 13.7. The van der Waals surface area contributed by atoms with Crippen molar-refractivity contribution in [3.8, 4) is 0 Å². The SMILES string of the molecule is Cc1cc2cc(C(=O)N(Cc3ccc4[nH]c(=O)[nH]c4c3)Cc3ccc(C(F)(F)F)cn3)ccc2nc1N.